The van der Waals surface area contributed by atoms with Gasteiger partial charge in [-0.25, -0.2) is 9.69 Å². The third-order valence-corrected chi connectivity index (χ3v) is 4.86. The van der Waals surface area contributed by atoms with Gasteiger partial charge in [-0.15, -0.1) is 0 Å². The van der Waals surface area contributed by atoms with E-state index in [2.05, 4.69) is 5.32 Å². The Balaban J connectivity index is 1.99. The Morgan fingerprint density at radius 2 is 1.73 bits per heavy atom. The maximum absolute atomic E-state index is 13.0. The first-order valence-corrected chi connectivity index (χ1v) is 9.68. The second-order valence-electron chi connectivity index (χ2n) is 6.63. The monoisotopic (exact) mass is 448 g/mol. The van der Waals surface area contributed by atoms with Gasteiger partial charge in [0.1, 0.15) is 5.57 Å². The van der Waals surface area contributed by atoms with E-state index in [1.165, 1.54) is 31.4 Å². The van der Waals surface area contributed by atoms with Crippen molar-refractivity contribution < 1.29 is 23.9 Å². The van der Waals surface area contributed by atoms with Gasteiger partial charge in [-0.3, -0.25) is 14.9 Å². The minimum Gasteiger partial charge on any atom is -0.493 e. The van der Waals surface area contributed by atoms with E-state index in [-0.39, 0.29) is 27.4 Å². The maximum Gasteiger partial charge on any atom is 0.335 e. The zero-order valence-corrected chi connectivity index (χ0v) is 17.9. The fraction of sp³-hybridized carbons (Fsp3) is 0.190. The summed E-state index contributed by atoms with van der Waals surface area (Å²) in [5, 5.41) is 2.60. The van der Waals surface area contributed by atoms with Crippen molar-refractivity contribution in [3.63, 3.8) is 0 Å². The highest BCUT2D eigenvalue weighted by atomic mass is 35.5. The predicted octanol–water partition coefficient (Wildman–Crippen LogP) is 4.46. The number of hydrogen-bond donors (Lipinski definition) is 1. The summed E-state index contributed by atoms with van der Waals surface area (Å²) < 4.78 is 11.0. The first-order valence-electron chi connectivity index (χ1n) is 8.92. The molecule has 0 spiro atoms. The lowest BCUT2D eigenvalue weighted by atomic mass is 10.1. The molecule has 0 aromatic heterocycles. The minimum absolute atomic E-state index is 0.0559. The molecule has 1 aliphatic heterocycles. The van der Waals surface area contributed by atoms with Crippen LogP contribution in [-0.4, -0.2) is 31.1 Å². The van der Waals surface area contributed by atoms with Crippen molar-refractivity contribution in [3.8, 4) is 11.5 Å². The molecule has 1 aliphatic rings. The van der Waals surface area contributed by atoms with Crippen LogP contribution in [0, 0.1) is 0 Å². The molecule has 0 aliphatic carbocycles. The van der Waals surface area contributed by atoms with Crippen LogP contribution in [0.25, 0.3) is 6.08 Å². The zero-order valence-electron chi connectivity index (χ0n) is 16.4. The number of imide groups is 2. The second-order valence-corrected chi connectivity index (χ2v) is 7.45. The highest BCUT2D eigenvalue weighted by Crippen LogP contribution is 2.32. The number of benzene rings is 2. The highest BCUT2D eigenvalue weighted by molar-refractivity contribution is 6.43. The first kappa shape index (κ1) is 21.7. The number of anilines is 1. The number of methoxy groups -OCH3 is 1. The van der Waals surface area contributed by atoms with Gasteiger partial charge in [0, 0.05) is 0 Å². The topological polar surface area (TPSA) is 84.9 Å². The number of urea groups is 1. The number of nitrogens with zero attached hydrogens (tertiary/aromatic N) is 1. The van der Waals surface area contributed by atoms with Gasteiger partial charge in [0.2, 0.25) is 0 Å². The van der Waals surface area contributed by atoms with Crippen LogP contribution < -0.4 is 19.7 Å². The Morgan fingerprint density at radius 3 is 2.37 bits per heavy atom. The second kappa shape index (κ2) is 8.77. The van der Waals surface area contributed by atoms with Gasteiger partial charge in [0.15, 0.2) is 11.5 Å². The SMILES string of the molecule is COc1cc(/C=C2\C(=O)NC(=O)N(c3ccc(Cl)c(Cl)c3)C2=O)ccc1OC(C)C. The molecule has 0 unspecified atom stereocenters. The predicted molar refractivity (Wildman–Crippen MR) is 114 cm³/mol. The number of hydrogen-bond acceptors (Lipinski definition) is 5. The van der Waals surface area contributed by atoms with Gasteiger partial charge in [-0.1, -0.05) is 29.3 Å². The molecule has 0 bridgehead atoms. The third kappa shape index (κ3) is 4.42. The van der Waals surface area contributed by atoms with Crippen LogP contribution in [0.3, 0.4) is 0 Å². The van der Waals surface area contributed by atoms with Crippen molar-refractivity contribution in [2.24, 2.45) is 0 Å². The van der Waals surface area contributed by atoms with Crippen molar-refractivity contribution >= 4 is 52.8 Å². The van der Waals surface area contributed by atoms with Gasteiger partial charge < -0.3 is 9.47 Å². The normalized spacial score (nSPS) is 15.6. The molecule has 0 atom stereocenters. The lowest BCUT2D eigenvalue weighted by Gasteiger charge is -2.26. The molecule has 9 heteroatoms. The molecule has 0 saturated carbocycles. The van der Waals surface area contributed by atoms with Crippen molar-refractivity contribution in [2.75, 3.05) is 12.0 Å². The molecule has 2 aromatic rings. The van der Waals surface area contributed by atoms with Crippen molar-refractivity contribution in [1.82, 2.24) is 5.32 Å². The van der Waals surface area contributed by atoms with E-state index in [9.17, 15) is 14.4 Å². The fourth-order valence-corrected chi connectivity index (χ4v) is 3.10. The van der Waals surface area contributed by atoms with Crippen LogP contribution in [0.1, 0.15) is 19.4 Å². The van der Waals surface area contributed by atoms with E-state index < -0.39 is 17.8 Å². The summed E-state index contributed by atoms with van der Waals surface area (Å²) in [6.07, 6.45) is 1.32. The van der Waals surface area contributed by atoms with Crippen LogP contribution in [0.4, 0.5) is 10.5 Å². The Labute approximate surface area is 183 Å². The van der Waals surface area contributed by atoms with Gasteiger partial charge >= 0.3 is 6.03 Å². The van der Waals surface area contributed by atoms with Crippen molar-refractivity contribution in [1.29, 1.82) is 0 Å². The molecule has 2 aromatic carbocycles. The highest BCUT2D eigenvalue weighted by Gasteiger charge is 2.37. The molecular formula is C21H18Cl2N2O5. The average Bonchev–Trinajstić information content (AvgIpc) is 2.68. The Morgan fingerprint density at radius 1 is 1.00 bits per heavy atom. The summed E-state index contributed by atoms with van der Waals surface area (Å²) in [6.45, 7) is 3.77. The van der Waals surface area contributed by atoms with Gasteiger partial charge in [-0.05, 0) is 55.8 Å². The molecule has 1 fully saturated rings. The van der Waals surface area contributed by atoms with E-state index in [1.54, 1.807) is 18.2 Å². The molecule has 4 amide bonds. The van der Waals surface area contributed by atoms with E-state index in [4.69, 9.17) is 32.7 Å². The molecule has 156 valence electrons. The largest absolute Gasteiger partial charge is 0.493 e. The quantitative estimate of drug-likeness (QED) is 0.539. The van der Waals surface area contributed by atoms with Crippen LogP contribution >= 0.6 is 23.2 Å². The van der Waals surface area contributed by atoms with Gasteiger partial charge in [-0.2, -0.15) is 0 Å². The van der Waals surface area contributed by atoms with E-state index in [1.807, 2.05) is 13.8 Å². The Bertz CT molecular complexity index is 1070. The number of halogens is 2. The minimum atomic E-state index is -0.876. The molecular weight excluding hydrogens is 431 g/mol. The number of ether oxygens (including phenoxy) is 2. The molecule has 0 radical (unpaired) electrons. The van der Waals surface area contributed by atoms with Crippen LogP contribution in [0.5, 0.6) is 11.5 Å². The lowest BCUT2D eigenvalue weighted by Crippen LogP contribution is -2.54. The van der Waals surface area contributed by atoms with Crippen LogP contribution in [-0.2, 0) is 9.59 Å². The number of barbiturate groups is 1. The molecule has 7 nitrogen and oxygen atoms in total. The van der Waals surface area contributed by atoms with E-state index >= 15 is 0 Å². The van der Waals surface area contributed by atoms with E-state index in [0.717, 1.165) is 4.90 Å². The van der Waals surface area contributed by atoms with E-state index in [0.29, 0.717) is 17.1 Å². The maximum atomic E-state index is 13.0. The summed E-state index contributed by atoms with van der Waals surface area (Å²) in [5.74, 6) is -0.618. The van der Waals surface area contributed by atoms with Gasteiger partial charge in [0.05, 0.1) is 28.9 Å². The molecule has 30 heavy (non-hydrogen) atoms. The summed E-state index contributed by atoms with van der Waals surface area (Å²) in [4.78, 5) is 38.4. The van der Waals surface area contributed by atoms with Crippen molar-refractivity contribution in [3.05, 3.63) is 57.6 Å². The summed E-state index contributed by atoms with van der Waals surface area (Å²) in [6, 6.07) is 8.39. The fourth-order valence-electron chi connectivity index (χ4n) is 2.81. The standard InChI is InChI=1S/C21H18Cl2N2O5/c1-11(2)30-17-7-4-12(9-18(17)29-3)8-14-19(26)24-21(28)25(20(14)27)13-5-6-15(22)16(23)10-13/h4-11H,1-3H3,(H,24,26,28)/b14-8+. The first-order chi connectivity index (χ1) is 14.2. The third-order valence-electron chi connectivity index (χ3n) is 4.12. The summed E-state index contributed by atoms with van der Waals surface area (Å²) >= 11 is 11.9. The van der Waals surface area contributed by atoms with Gasteiger partial charge in [0.25, 0.3) is 11.8 Å². The summed E-state index contributed by atoms with van der Waals surface area (Å²) in [5.41, 5.74) is 0.480. The number of nitrogens with one attached hydrogen (secondary N) is 1. The lowest BCUT2D eigenvalue weighted by molar-refractivity contribution is -0.122. The molecule has 3 rings (SSSR count). The average molecular weight is 449 g/mol. The molecule has 1 heterocycles. The summed E-state index contributed by atoms with van der Waals surface area (Å²) in [7, 11) is 1.49. The number of carbonyl (C=O) groups is 3. The zero-order chi connectivity index (χ0) is 22.0. The number of amides is 4. The Kier molecular flexibility index (Phi) is 6.34. The number of rotatable bonds is 5. The Hall–Kier alpha value is -3.03. The van der Waals surface area contributed by atoms with Crippen LogP contribution in [0.2, 0.25) is 10.0 Å². The van der Waals surface area contributed by atoms with Crippen molar-refractivity contribution in [2.45, 2.75) is 20.0 Å². The van der Waals surface area contributed by atoms with Crippen LogP contribution in [0.15, 0.2) is 42.0 Å². The molecule has 1 N–H and O–H groups in total. The smallest absolute Gasteiger partial charge is 0.335 e. The number of carbonyl (C=O) groups excluding carboxylic acids is 3. The molecule has 1 saturated heterocycles.